The molecular formula is C8H7ClN2O3. The highest BCUT2D eigenvalue weighted by atomic mass is 35.5. The molecule has 0 saturated heterocycles. The topological polar surface area (TPSA) is 86.2 Å². The minimum Gasteiger partial charge on any atom is -0.368 e. The number of rotatable bonds is 3. The van der Waals surface area contributed by atoms with Crippen molar-refractivity contribution in [3.63, 3.8) is 0 Å². The SMILES string of the molecule is NC(=O)C(Cl)c1ccc([N+](=O)[O-])cc1. The number of hydrogen-bond acceptors (Lipinski definition) is 3. The minimum atomic E-state index is -0.948. The van der Waals surface area contributed by atoms with E-state index in [4.69, 9.17) is 17.3 Å². The monoisotopic (exact) mass is 214 g/mol. The molecule has 0 heterocycles. The molecule has 0 aliphatic carbocycles. The third-order valence-corrected chi connectivity index (χ3v) is 2.11. The molecule has 1 aromatic rings. The lowest BCUT2D eigenvalue weighted by atomic mass is 10.1. The van der Waals surface area contributed by atoms with Crippen LogP contribution in [-0.4, -0.2) is 10.8 Å². The van der Waals surface area contributed by atoms with Gasteiger partial charge < -0.3 is 5.73 Å². The van der Waals surface area contributed by atoms with Gasteiger partial charge in [0.15, 0.2) is 0 Å². The summed E-state index contributed by atoms with van der Waals surface area (Å²) in [6, 6.07) is 5.35. The molecule has 0 aliphatic rings. The average Bonchev–Trinajstić information content (AvgIpc) is 2.16. The van der Waals surface area contributed by atoms with E-state index in [1.807, 2.05) is 0 Å². The van der Waals surface area contributed by atoms with Crippen LogP contribution < -0.4 is 5.73 Å². The third-order valence-electron chi connectivity index (χ3n) is 1.65. The summed E-state index contributed by atoms with van der Waals surface area (Å²) in [4.78, 5) is 20.4. The fourth-order valence-electron chi connectivity index (χ4n) is 0.929. The van der Waals surface area contributed by atoms with Crippen LogP contribution in [0.25, 0.3) is 0 Å². The van der Waals surface area contributed by atoms with Gasteiger partial charge in [-0.3, -0.25) is 14.9 Å². The first kappa shape index (κ1) is 10.5. The maximum atomic E-state index is 10.7. The predicted molar refractivity (Wildman–Crippen MR) is 50.9 cm³/mol. The van der Waals surface area contributed by atoms with Gasteiger partial charge in [0.25, 0.3) is 5.69 Å². The summed E-state index contributed by atoms with van der Waals surface area (Å²) in [7, 11) is 0. The lowest BCUT2D eigenvalue weighted by Crippen LogP contribution is -2.16. The van der Waals surface area contributed by atoms with E-state index in [1.165, 1.54) is 24.3 Å². The summed E-state index contributed by atoms with van der Waals surface area (Å²) < 4.78 is 0. The van der Waals surface area contributed by atoms with Crippen molar-refractivity contribution in [2.75, 3.05) is 0 Å². The molecule has 6 heteroatoms. The van der Waals surface area contributed by atoms with E-state index in [-0.39, 0.29) is 5.69 Å². The second-order valence-corrected chi connectivity index (χ2v) is 3.05. The zero-order valence-electron chi connectivity index (χ0n) is 7.01. The van der Waals surface area contributed by atoms with Crippen molar-refractivity contribution in [2.24, 2.45) is 5.73 Å². The number of nitrogens with two attached hydrogens (primary N) is 1. The first-order valence-electron chi connectivity index (χ1n) is 3.70. The van der Waals surface area contributed by atoms with Gasteiger partial charge >= 0.3 is 0 Å². The van der Waals surface area contributed by atoms with Gasteiger partial charge in [-0.05, 0) is 5.56 Å². The Morgan fingerprint density at radius 2 is 1.93 bits per heavy atom. The summed E-state index contributed by atoms with van der Waals surface area (Å²) in [6.07, 6.45) is 0. The number of hydrogen-bond donors (Lipinski definition) is 1. The van der Waals surface area contributed by atoms with Crippen molar-refractivity contribution < 1.29 is 9.72 Å². The maximum Gasteiger partial charge on any atom is 0.269 e. The lowest BCUT2D eigenvalue weighted by Gasteiger charge is -2.03. The highest BCUT2D eigenvalue weighted by molar-refractivity contribution is 6.30. The number of nitro benzene ring substituents is 1. The molecule has 1 aromatic carbocycles. The van der Waals surface area contributed by atoms with Crippen LogP contribution in [0.15, 0.2) is 24.3 Å². The average molecular weight is 215 g/mol. The van der Waals surface area contributed by atoms with Gasteiger partial charge in [0.1, 0.15) is 5.38 Å². The third kappa shape index (κ3) is 2.20. The molecule has 1 unspecified atom stereocenters. The summed E-state index contributed by atoms with van der Waals surface area (Å²) >= 11 is 5.63. The minimum absolute atomic E-state index is 0.0536. The van der Waals surface area contributed by atoms with Crippen LogP contribution >= 0.6 is 11.6 Å². The smallest absolute Gasteiger partial charge is 0.269 e. The number of nitrogens with zero attached hydrogens (tertiary/aromatic N) is 1. The molecule has 1 rings (SSSR count). The zero-order valence-corrected chi connectivity index (χ0v) is 7.77. The second-order valence-electron chi connectivity index (χ2n) is 2.61. The fraction of sp³-hybridized carbons (Fsp3) is 0.125. The Labute approximate surface area is 84.6 Å². The van der Waals surface area contributed by atoms with Crippen LogP contribution in [0.3, 0.4) is 0 Å². The summed E-state index contributed by atoms with van der Waals surface area (Å²) in [6.45, 7) is 0. The van der Waals surface area contributed by atoms with Gasteiger partial charge in [-0.2, -0.15) is 0 Å². The van der Waals surface area contributed by atoms with Crippen LogP contribution in [-0.2, 0) is 4.79 Å². The van der Waals surface area contributed by atoms with Crippen LogP contribution in [0.5, 0.6) is 0 Å². The Balaban J connectivity index is 2.94. The van der Waals surface area contributed by atoms with E-state index in [0.717, 1.165) is 0 Å². The summed E-state index contributed by atoms with van der Waals surface area (Å²) in [5, 5.41) is 9.35. The fourth-order valence-corrected chi connectivity index (χ4v) is 1.07. The van der Waals surface area contributed by atoms with Gasteiger partial charge in [-0.25, -0.2) is 0 Å². The number of primary amides is 1. The zero-order chi connectivity index (χ0) is 10.7. The number of alkyl halides is 1. The number of non-ortho nitro benzene ring substituents is 1. The van der Waals surface area contributed by atoms with Gasteiger partial charge in [0.05, 0.1) is 4.92 Å². The molecule has 0 radical (unpaired) electrons. The number of carbonyl (C=O) groups is 1. The van der Waals surface area contributed by atoms with Gasteiger partial charge in [-0.1, -0.05) is 12.1 Å². The molecule has 14 heavy (non-hydrogen) atoms. The summed E-state index contributed by atoms with van der Waals surface area (Å²) in [5.41, 5.74) is 5.36. The molecule has 0 saturated carbocycles. The Kier molecular flexibility index (Phi) is 3.03. The second kappa shape index (κ2) is 4.06. The van der Waals surface area contributed by atoms with Crippen LogP contribution in [0.1, 0.15) is 10.9 Å². The van der Waals surface area contributed by atoms with E-state index in [0.29, 0.717) is 5.56 Å². The number of carbonyl (C=O) groups excluding carboxylic acids is 1. The molecule has 0 aliphatic heterocycles. The van der Waals surface area contributed by atoms with E-state index in [9.17, 15) is 14.9 Å². The molecule has 2 N–H and O–H groups in total. The van der Waals surface area contributed by atoms with Crippen molar-refractivity contribution in [1.82, 2.24) is 0 Å². The summed E-state index contributed by atoms with van der Waals surface area (Å²) in [5.74, 6) is -0.680. The van der Waals surface area contributed by atoms with Crippen LogP contribution in [0.2, 0.25) is 0 Å². The van der Waals surface area contributed by atoms with E-state index >= 15 is 0 Å². The van der Waals surface area contributed by atoms with Crippen molar-refractivity contribution in [3.05, 3.63) is 39.9 Å². The Hall–Kier alpha value is -1.62. The standard InChI is InChI=1S/C8H7ClN2O3/c9-7(8(10)12)5-1-3-6(4-2-5)11(13)14/h1-4,7H,(H2,10,12). The molecule has 0 aromatic heterocycles. The normalized spacial score (nSPS) is 12.1. The van der Waals surface area contributed by atoms with Crippen molar-refractivity contribution >= 4 is 23.2 Å². The van der Waals surface area contributed by atoms with Crippen LogP contribution in [0, 0.1) is 10.1 Å². The highest BCUT2D eigenvalue weighted by Crippen LogP contribution is 2.22. The molecule has 0 bridgehead atoms. The molecule has 1 amide bonds. The van der Waals surface area contributed by atoms with Crippen molar-refractivity contribution in [2.45, 2.75) is 5.38 Å². The molecule has 74 valence electrons. The maximum absolute atomic E-state index is 10.7. The Bertz CT molecular complexity index is 363. The number of benzene rings is 1. The molecule has 5 nitrogen and oxygen atoms in total. The Morgan fingerprint density at radius 1 is 1.43 bits per heavy atom. The Morgan fingerprint density at radius 3 is 2.29 bits per heavy atom. The molecule has 0 fully saturated rings. The lowest BCUT2D eigenvalue weighted by molar-refractivity contribution is -0.384. The van der Waals surface area contributed by atoms with E-state index < -0.39 is 16.2 Å². The van der Waals surface area contributed by atoms with E-state index in [2.05, 4.69) is 0 Å². The first-order valence-corrected chi connectivity index (χ1v) is 4.13. The molecular weight excluding hydrogens is 208 g/mol. The van der Waals surface area contributed by atoms with Gasteiger partial charge in [0.2, 0.25) is 5.91 Å². The quantitative estimate of drug-likeness (QED) is 0.468. The number of amides is 1. The number of nitro groups is 1. The predicted octanol–water partition coefficient (Wildman–Crippen LogP) is 1.36. The molecule has 1 atom stereocenters. The first-order chi connectivity index (χ1) is 6.52. The number of halogens is 1. The van der Waals surface area contributed by atoms with Gasteiger partial charge in [-0.15, -0.1) is 11.6 Å². The van der Waals surface area contributed by atoms with Crippen molar-refractivity contribution in [1.29, 1.82) is 0 Å². The van der Waals surface area contributed by atoms with Gasteiger partial charge in [0, 0.05) is 12.1 Å². The van der Waals surface area contributed by atoms with E-state index in [1.54, 1.807) is 0 Å². The molecule has 0 spiro atoms. The highest BCUT2D eigenvalue weighted by Gasteiger charge is 2.15. The van der Waals surface area contributed by atoms with Crippen LogP contribution in [0.4, 0.5) is 5.69 Å². The largest absolute Gasteiger partial charge is 0.368 e. The van der Waals surface area contributed by atoms with Crippen molar-refractivity contribution in [3.8, 4) is 0 Å².